The number of carbonyl (C=O) groups is 2. The summed E-state index contributed by atoms with van der Waals surface area (Å²) in [6.45, 7) is 24.1. The van der Waals surface area contributed by atoms with E-state index in [-0.39, 0.29) is 20.4 Å². The lowest BCUT2D eigenvalue weighted by atomic mass is 9.98. The van der Waals surface area contributed by atoms with E-state index in [2.05, 4.69) is 66.9 Å². The van der Waals surface area contributed by atoms with Crippen LogP contribution in [0.15, 0.2) is 12.3 Å². The molecule has 0 radical (unpaired) electrons. The zero-order chi connectivity index (χ0) is 22.4. The molecule has 5 heteroatoms. The molecular formula is C26H53N3O2. The Morgan fingerprint density at radius 1 is 0.710 bits per heavy atom. The van der Waals surface area contributed by atoms with Crippen LogP contribution >= 0.6 is 0 Å². The minimum Gasteiger partial charge on any atom is -0.370 e. The van der Waals surface area contributed by atoms with Gasteiger partial charge in [0, 0.05) is 61.7 Å². The average molecular weight is 440 g/mol. The summed E-state index contributed by atoms with van der Waals surface area (Å²) >= 11 is 0. The number of piperidine rings is 1. The van der Waals surface area contributed by atoms with Crippen LogP contribution in [-0.4, -0.2) is 63.3 Å². The lowest BCUT2D eigenvalue weighted by Gasteiger charge is -2.46. The monoisotopic (exact) mass is 439 g/mol. The van der Waals surface area contributed by atoms with Crippen LogP contribution in [0.4, 0.5) is 0 Å². The van der Waals surface area contributed by atoms with Crippen LogP contribution in [0.3, 0.4) is 0 Å². The highest BCUT2D eigenvalue weighted by molar-refractivity contribution is 5.78. The molecule has 0 bridgehead atoms. The molecule has 3 heterocycles. The van der Waals surface area contributed by atoms with Crippen molar-refractivity contribution in [1.82, 2.24) is 14.7 Å². The van der Waals surface area contributed by atoms with Gasteiger partial charge in [-0.1, -0.05) is 21.4 Å². The van der Waals surface area contributed by atoms with E-state index in [0.717, 1.165) is 38.8 Å². The Kier molecular flexibility index (Phi) is 13.4. The summed E-state index contributed by atoms with van der Waals surface area (Å²) in [6.07, 6.45) is 6.00. The molecular weight excluding hydrogens is 386 g/mol. The molecule has 5 nitrogen and oxygen atoms in total. The zero-order valence-electron chi connectivity index (χ0n) is 20.3. The highest BCUT2D eigenvalue weighted by Gasteiger charge is 2.29. The van der Waals surface area contributed by atoms with Crippen molar-refractivity contribution in [2.24, 2.45) is 0 Å². The van der Waals surface area contributed by atoms with Crippen molar-refractivity contribution in [3.8, 4) is 0 Å². The van der Waals surface area contributed by atoms with Crippen molar-refractivity contribution in [1.29, 1.82) is 0 Å². The first kappa shape index (κ1) is 31.7. The summed E-state index contributed by atoms with van der Waals surface area (Å²) in [5, 5.41) is 0. The van der Waals surface area contributed by atoms with Crippen LogP contribution in [0.1, 0.15) is 109 Å². The fraction of sp³-hybridized carbons (Fsp3) is 0.846. The highest BCUT2D eigenvalue weighted by atomic mass is 16.2. The maximum absolute atomic E-state index is 11.4. The van der Waals surface area contributed by atoms with Gasteiger partial charge in [-0.25, -0.2) is 0 Å². The summed E-state index contributed by atoms with van der Waals surface area (Å²) in [4.78, 5) is 28.6. The van der Waals surface area contributed by atoms with Gasteiger partial charge in [-0.15, -0.1) is 0 Å². The maximum atomic E-state index is 11.4. The second-order valence-electron chi connectivity index (χ2n) is 10.6. The summed E-state index contributed by atoms with van der Waals surface area (Å²) in [6, 6.07) is 0.403. The normalized spacial score (nSPS) is 18.9. The van der Waals surface area contributed by atoms with Gasteiger partial charge in [-0.05, 0) is 74.7 Å². The van der Waals surface area contributed by atoms with Gasteiger partial charge < -0.3 is 14.7 Å². The molecule has 0 atom stereocenters. The predicted molar refractivity (Wildman–Crippen MR) is 135 cm³/mol. The van der Waals surface area contributed by atoms with E-state index in [1.165, 1.54) is 25.1 Å². The highest BCUT2D eigenvalue weighted by Crippen LogP contribution is 2.28. The summed E-state index contributed by atoms with van der Waals surface area (Å²) in [5.74, 6) is 0.647. The lowest BCUT2D eigenvalue weighted by Crippen LogP contribution is -2.47. The Morgan fingerprint density at radius 2 is 1.23 bits per heavy atom. The number of nitrogens with zero attached hydrogens (tertiary/aromatic N) is 3. The van der Waals surface area contributed by atoms with Crippen LogP contribution in [0, 0.1) is 0 Å². The molecule has 3 aliphatic heterocycles. The predicted octanol–water partition coefficient (Wildman–Crippen LogP) is 6.09. The smallest absolute Gasteiger partial charge is 0.222 e. The zero-order valence-corrected chi connectivity index (χ0v) is 20.3. The molecule has 0 saturated carbocycles. The Balaban J connectivity index is 0. The largest absolute Gasteiger partial charge is 0.370 e. The van der Waals surface area contributed by atoms with Gasteiger partial charge in [0.15, 0.2) is 0 Å². The molecule has 0 aliphatic carbocycles. The minimum atomic E-state index is 0. The number of hydrogen-bond acceptors (Lipinski definition) is 3. The number of carbonyl (C=O) groups excluding carboxylic acids is 2. The molecule has 184 valence electrons. The molecule has 3 fully saturated rings. The third-order valence-corrected chi connectivity index (χ3v) is 5.68. The van der Waals surface area contributed by atoms with Crippen molar-refractivity contribution in [3.63, 3.8) is 0 Å². The minimum absolute atomic E-state index is 0. The third-order valence-electron chi connectivity index (χ3n) is 5.68. The molecule has 0 N–H and O–H groups in total. The number of rotatable bonds is 1. The second kappa shape index (κ2) is 13.1. The molecule has 3 saturated heterocycles. The summed E-state index contributed by atoms with van der Waals surface area (Å²) in [5.41, 5.74) is 1.62. The Morgan fingerprint density at radius 3 is 1.42 bits per heavy atom. The first-order chi connectivity index (χ1) is 13.2. The van der Waals surface area contributed by atoms with Gasteiger partial charge in [0.1, 0.15) is 0 Å². The average Bonchev–Trinajstić information content (AvgIpc) is 2.99. The van der Waals surface area contributed by atoms with Crippen molar-refractivity contribution in [3.05, 3.63) is 12.3 Å². The first-order valence-corrected chi connectivity index (χ1v) is 11.3. The van der Waals surface area contributed by atoms with Gasteiger partial charge >= 0.3 is 0 Å². The second-order valence-corrected chi connectivity index (χ2v) is 10.6. The molecule has 2 amide bonds. The van der Waals surface area contributed by atoms with Gasteiger partial charge in [0.2, 0.25) is 11.8 Å². The molecule has 0 aromatic heterocycles. The fourth-order valence-corrected chi connectivity index (χ4v) is 3.92. The van der Waals surface area contributed by atoms with Crippen LogP contribution in [0.25, 0.3) is 0 Å². The van der Waals surface area contributed by atoms with E-state index >= 15 is 0 Å². The fourth-order valence-electron chi connectivity index (χ4n) is 3.92. The Labute approximate surface area is 194 Å². The van der Waals surface area contributed by atoms with Crippen molar-refractivity contribution in [2.45, 2.75) is 126 Å². The van der Waals surface area contributed by atoms with Crippen molar-refractivity contribution in [2.75, 3.05) is 19.6 Å². The molecule has 31 heavy (non-hydrogen) atoms. The van der Waals surface area contributed by atoms with E-state index in [1.54, 1.807) is 0 Å². The van der Waals surface area contributed by atoms with E-state index < -0.39 is 0 Å². The van der Waals surface area contributed by atoms with Crippen molar-refractivity contribution >= 4 is 11.8 Å². The first-order valence-electron chi connectivity index (χ1n) is 11.3. The molecule has 3 aliphatic rings. The molecule has 0 spiro atoms. The summed E-state index contributed by atoms with van der Waals surface area (Å²) < 4.78 is 0. The summed E-state index contributed by atoms with van der Waals surface area (Å²) in [7, 11) is 0. The van der Waals surface area contributed by atoms with Gasteiger partial charge in [0.05, 0.1) is 0 Å². The van der Waals surface area contributed by atoms with E-state index in [1.807, 2.05) is 9.80 Å². The topological polar surface area (TPSA) is 43.9 Å². The van der Waals surface area contributed by atoms with Crippen LogP contribution in [0.2, 0.25) is 0 Å². The standard InChI is InChI=1S/C9H17NO.C8H15N.C7H13NO.2CH4/c1-9(2,3)10-7-5-4-6-8(10)11;1-7-5-6-9(7)8(2,3)4;1-6(2)8-5-3-4-7(8)9;;/h4-7H2,1-3H3;1,5-6H2,2-4H3;6H,3-5H2,1-2H3;2*1H4. The van der Waals surface area contributed by atoms with E-state index in [4.69, 9.17) is 0 Å². The van der Waals surface area contributed by atoms with Crippen LogP contribution in [0.5, 0.6) is 0 Å². The SMILES string of the molecule is C.C.C=C1CCN1C(C)(C)C.CC(C)(C)N1CCCCC1=O.CC(C)N1CCCC1=O. The van der Waals surface area contributed by atoms with Crippen LogP contribution in [-0.2, 0) is 9.59 Å². The molecule has 3 rings (SSSR count). The van der Waals surface area contributed by atoms with Gasteiger partial charge in [0.25, 0.3) is 0 Å². The van der Waals surface area contributed by atoms with Crippen molar-refractivity contribution < 1.29 is 9.59 Å². The molecule has 0 aromatic rings. The van der Waals surface area contributed by atoms with E-state index in [9.17, 15) is 9.59 Å². The maximum Gasteiger partial charge on any atom is 0.222 e. The van der Waals surface area contributed by atoms with Gasteiger partial charge in [-0.3, -0.25) is 9.59 Å². The van der Waals surface area contributed by atoms with Gasteiger partial charge in [-0.2, -0.15) is 0 Å². The third kappa shape index (κ3) is 10.1. The number of amides is 2. The Bertz CT molecular complexity index is 570. The van der Waals surface area contributed by atoms with E-state index in [0.29, 0.717) is 23.4 Å². The Hall–Kier alpha value is -1.52. The molecule has 0 aromatic carbocycles. The lowest BCUT2D eigenvalue weighted by molar-refractivity contribution is -0.138. The molecule has 0 unspecified atom stereocenters. The number of hydrogen-bond donors (Lipinski definition) is 0. The van der Waals surface area contributed by atoms with Crippen LogP contribution < -0.4 is 0 Å². The quantitative estimate of drug-likeness (QED) is 0.496. The number of likely N-dealkylation sites (tertiary alicyclic amines) is 3.